The summed E-state index contributed by atoms with van der Waals surface area (Å²) in [7, 11) is 0. The van der Waals surface area contributed by atoms with Crippen LogP contribution in [0.1, 0.15) is 6.92 Å². The van der Waals surface area contributed by atoms with Gasteiger partial charge >= 0.3 is 6.03 Å². The molecule has 0 spiro atoms. The lowest BCUT2D eigenvalue weighted by molar-refractivity contribution is -0.128. The Labute approximate surface area is 154 Å². The molecule has 2 heterocycles. The van der Waals surface area contributed by atoms with E-state index in [2.05, 4.69) is 21.7 Å². The van der Waals surface area contributed by atoms with Crippen molar-refractivity contribution in [3.05, 3.63) is 48.5 Å². The number of amides is 3. The summed E-state index contributed by atoms with van der Waals surface area (Å²) in [6.07, 6.45) is 0. The van der Waals surface area contributed by atoms with Gasteiger partial charge in [0.2, 0.25) is 0 Å². The zero-order valence-electron chi connectivity index (χ0n) is 14.2. The third-order valence-electron chi connectivity index (χ3n) is 4.28. The number of hydrogen-bond donors (Lipinski definition) is 2. The number of urea groups is 1. The molecule has 3 amide bonds. The molecule has 1 aliphatic rings. The molecular weight excluding hydrogens is 348 g/mol. The minimum atomic E-state index is -0.496. The molecule has 1 unspecified atom stereocenters. The first-order valence-corrected chi connectivity index (χ1v) is 9.25. The smallest absolute Gasteiger partial charge is 0.324 e. The van der Waals surface area contributed by atoms with Crippen molar-refractivity contribution >= 4 is 39.2 Å². The molecule has 26 heavy (non-hydrogen) atoms. The number of nitrogens with one attached hydrogen (secondary N) is 2. The zero-order chi connectivity index (χ0) is 18.1. The number of anilines is 1. The highest BCUT2D eigenvalue weighted by atomic mass is 32.1. The molecule has 2 N–H and O–H groups in total. The summed E-state index contributed by atoms with van der Waals surface area (Å²) < 4.78 is 1.14. The molecule has 0 bridgehead atoms. The van der Waals surface area contributed by atoms with E-state index in [0.29, 0.717) is 13.1 Å². The molecular formula is C19H18N4O2S. The fourth-order valence-corrected chi connectivity index (χ4v) is 3.93. The number of imide groups is 1. The van der Waals surface area contributed by atoms with Gasteiger partial charge in [-0.3, -0.25) is 9.69 Å². The average molecular weight is 366 g/mol. The molecule has 1 saturated heterocycles. The number of fused-ring (bicyclic) bond motifs is 1. The number of rotatable bonds is 4. The van der Waals surface area contributed by atoms with Crippen molar-refractivity contribution < 1.29 is 9.59 Å². The van der Waals surface area contributed by atoms with Gasteiger partial charge in [0.1, 0.15) is 11.0 Å². The minimum Gasteiger partial charge on any atom is -0.374 e. The van der Waals surface area contributed by atoms with E-state index >= 15 is 0 Å². The Bertz CT molecular complexity index is 951. The summed E-state index contributed by atoms with van der Waals surface area (Å²) in [6.45, 7) is 2.68. The maximum atomic E-state index is 12.4. The van der Waals surface area contributed by atoms with Crippen LogP contribution in [-0.4, -0.2) is 41.0 Å². The molecule has 1 aliphatic heterocycles. The van der Waals surface area contributed by atoms with Crippen molar-refractivity contribution in [2.24, 2.45) is 0 Å². The number of thiazole rings is 1. The molecule has 132 valence electrons. The van der Waals surface area contributed by atoms with Gasteiger partial charge in [-0.25, -0.2) is 9.78 Å². The molecule has 0 aliphatic carbocycles. The molecule has 4 rings (SSSR count). The van der Waals surface area contributed by atoms with Crippen LogP contribution in [0.5, 0.6) is 0 Å². The predicted molar refractivity (Wildman–Crippen MR) is 103 cm³/mol. The summed E-state index contributed by atoms with van der Waals surface area (Å²) in [6, 6.07) is 15.0. The van der Waals surface area contributed by atoms with Crippen molar-refractivity contribution in [3.63, 3.8) is 0 Å². The van der Waals surface area contributed by atoms with Gasteiger partial charge in [0.05, 0.1) is 10.2 Å². The lowest BCUT2D eigenvalue weighted by atomic mass is 10.2. The number of benzene rings is 2. The Morgan fingerprint density at radius 1 is 1.27 bits per heavy atom. The van der Waals surface area contributed by atoms with E-state index in [0.717, 1.165) is 26.5 Å². The van der Waals surface area contributed by atoms with Crippen LogP contribution in [0, 0.1) is 0 Å². The van der Waals surface area contributed by atoms with Crippen molar-refractivity contribution in [2.75, 3.05) is 18.4 Å². The van der Waals surface area contributed by atoms with E-state index in [1.807, 2.05) is 42.5 Å². The first-order valence-electron chi connectivity index (χ1n) is 8.43. The van der Waals surface area contributed by atoms with Crippen molar-refractivity contribution in [2.45, 2.75) is 13.0 Å². The first-order chi connectivity index (χ1) is 12.6. The summed E-state index contributed by atoms with van der Waals surface area (Å²) in [5.41, 5.74) is 2.80. The highest BCUT2D eigenvalue weighted by Crippen LogP contribution is 2.31. The van der Waals surface area contributed by atoms with Crippen LogP contribution in [0.3, 0.4) is 0 Å². The fraction of sp³-hybridized carbons (Fsp3) is 0.211. The third-order valence-corrected chi connectivity index (χ3v) is 5.37. The maximum absolute atomic E-state index is 12.4. The Kier molecular flexibility index (Phi) is 4.30. The Morgan fingerprint density at radius 3 is 2.88 bits per heavy atom. The van der Waals surface area contributed by atoms with Crippen LogP contribution in [0.25, 0.3) is 20.8 Å². The number of carbonyl (C=O) groups excluding carboxylic acids is 2. The van der Waals surface area contributed by atoms with Crippen LogP contribution < -0.4 is 10.6 Å². The second kappa shape index (κ2) is 6.76. The maximum Gasteiger partial charge on any atom is 0.324 e. The zero-order valence-corrected chi connectivity index (χ0v) is 15.0. The van der Waals surface area contributed by atoms with Crippen molar-refractivity contribution in [1.29, 1.82) is 0 Å². The topological polar surface area (TPSA) is 74.3 Å². The first kappa shape index (κ1) is 16.5. The highest BCUT2D eigenvalue weighted by molar-refractivity contribution is 7.21. The van der Waals surface area contributed by atoms with Crippen LogP contribution in [0.2, 0.25) is 0 Å². The van der Waals surface area contributed by atoms with Gasteiger partial charge in [-0.05, 0) is 31.2 Å². The predicted octanol–water partition coefficient (Wildman–Crippen LogP) is 3.32. The normalized spacial score (nSPS) is 15.1. The second-order valence-electron chi connectivity index (χ2n) is 6.16. The van der Waals surface area contributed by atoms with Gasteiger partial charge in [0, 0.05) is 24.3 Å². The summed E-state index contributed by atoms with van der Waals surface area (Å²) in [5.74, 6) is -0.231. The molecule has 3 aromatic rings. The van der Waals surface area contributed by atoms with E-state index in [4.69, 9.17) is 0 Å². The monoisotopic (exact) mass is 366 g/mol. The number of para-hydroxylation sites is 1. The van der Waals surface area contributed by atoms with Crippen molar-refractivity contribution in [3.8, 4) is 10.6 Å². The second-order valence-corrected chi connectivity index (χ2v) is 7.19. The average Bonchev–Trinajstić information content (AvgIpc) is 3.27. The molecule has 6 nitrogen and oxygen atoms in total. The van der Waals surface area contributed by atoms with E-state index in [9.17, 15) is 9.59 Å². The van der Waals surface area contributed by atoms with Gasteiger partial charge in [0.25, 0.3) is 5.91 Å². The molecule has 1 fully saturated rings. The van der Waals surface area contributed by atoms with Crippen LogP contribution in [0.15, 0.2) is 48.5 Å². The number of hydrogen-bond acceptors (Lipinski definition) is 5. The Morgan fingerprint density at radius 2 is 2.12 bits per heavy atom. The number of carbonyl (C=O) groups is 2. The van der Waals surface area contributed by atoms with E-state index in [1.165, 1.54) is 4.90 Å². The van der Waals surface area contributed by atoms with Gasteiger partial charge in [-0.1, -0.05) is 24.3 Å². The number of aromatic nitrogens is 1. The standard InChI is InChI=1S/C19H18N4O2S/c1-12(18(24)23-10-9-20-19(23)25)21-14-6-4-5-13(11-14)17-22-15-7-2-3-8-16(15)26-17/h2-8,11-12,21H,9-10H2,1H3,(H,20,25). The molecule has 0 saturated carbocycles. The minimum absolute atomic E-state index is 0.231. The van der Waals surface area contributed by atoms with Gasteiger partial charge in [0.15, 0.2) is 0 Å². The van der Waals surface area contributed by atoms with Crippen LogP contribution >= 0.6 is 11.3 Å². The fourth-order valence-electron chi connectivity index (χ4n) is 2.97. The molecule has 2 aromatic carbocycles. The SMILES string of the molecule is CC(Nc1cccc(-c2nc3ccccc3s2)c1)C(=O)N1CCNC1=O. The number of nitrogens with zero attached hydrogens (tertiary/aromatic N) is 2. The van der Waals surface area contributed by atoms with Gasteiger partial charge < -0.3 is 10.6 Å². The largest absolute Gasteiger partial charge is 0.374 e. The summed E-state index contributed by atoms with van der Waals surface area (Å²) in [4.78, 5) is 30.0. The van der Waals surface area contributed by atoms with E-state index in [-0.39, 0.29) is 11.9 Å². The van der Waals surface area contributed by atoms with Gasteiger partial charge in [-0.15, -0.1) is 11.3 Å². The lowest BCUT2D eigenvalue weighted by Crippen LogP contribution is -2.43. The molecule has 0 radical (unpaired) electrons. The molecule has 1 atom stereocenters. The van der Waals surface area contributed by atoms with Crippen molar-refractivity contribution in [1.82, 2.24) is 15.2 Å². The van der Waals surface area contributed by atoms with Crippen LogP contribution in [-0.2, 0) is 4.79 Å². The highest BCUT2D eigenvalue weighted by Gasteiger charge is 2.29. The lowest BCUT2D eigenvalue weighted by Gasteiger charge is -2.20. The summed E-state index contributed by atoms with van der Waals surface area (Å²) in [5, 5.41) is 6.77. The Hall–Kier alpha value is -2.93. The third kappa shape index (κ3) is 3.13. The Balaban J connectivity index is 1.54. The molecule has 7 heteroatoms. The van der Waals surface area contributed by atoms with E-state index < -0.39 is 6.04 Å². The summed E-state index contributed by atoms with van der Waals surface area (Å²) >= 11 is 1.64. The van der Waals surface area contributed by atoms with Crippen LogP contribution in [0.4, 0.5) is 10.5 Å². The van der Waals surface area contributed by atoms with Gasteiger partial charge in [-0.2, -0.15) is 0 Å². The van der Waals surface area contributed by atoms with E-state index in [1.54, 1.807) is 18.3 Å². The molecule has 1 aromatic heterocycles. The quantitative estimate of drug-likeness (QED) is 0.743.